The second kappa shape index (κ2) is 7.20. The number of ether oxygens (including phenoxy) is 1. The molecule has 0 saturated carbocycles. The van der Waals surface area contributed by atoms with Gasteiger partial charge in [0.2, 0.25) is 5.91 Å². The summed E-state index contributed by atoms with van der Waals surface area (Å²) in [7, 11) is 1.71. The minimum Gasteiger partial charge on any atom is -0.435 e. The smallest absolute Gasteiger partial charge is 0.387 e. The number of hydrogen-bond acceptors (Lipinski definition) is 3. The highest BCUT2D eigenvalue weighted by atomic mass is 32.2. The van der Waals surface area contributed by atoms with E-state index in [4.69, 9.17) is 0 Å². The van der Waals surface area contributed by atoms with Crippen LogP contribution in [0.2, 0.25) is 0 Å². The van der Waals surface area contributed by atoms with Crippen LogP contribution in [-0.4, -0.2) is 36.5 Å². The van der Waals surface area contributed by atoms with Crippen LogP contribution in [0.3, 0.4) is 0 Å². The number of carbonyl (C=O) groups is 1. The largest absolute Gasteiger partial charge is 0.435 e. The third kappa shape index (κ3) is 4.91. The van der Waals surface area contributed by atoms with Crippen LogP contribution in [0, 0.1) is 0 Å². The van der Waals surface area contributed by atoms with Gasteiger partial charge < -0.3 is 9.64 Å². The zero-order chi connectivity index (χ0) is 13.5. The third-order valence-corrected chi connectivity index (χ3v) is 2.80. The van der Waals surface area contributed by atoms with Crippen molar-refractivity contribution in [3.63, 3.8) is 0 Å². The van der Waals surface area contributed by atoms with Crippen molar-refractivity contribution < 1.29 is 18.3 Å². The summed E-state index contributed by atoms with van der Waals surface area (Å²) < 4.78 is 28.1. The topological polar surface area (TPSA) is 29.5 Å². The Balaban J connectivity index is 2.55. The summed E-state index contributed by atoms with van der Waals surface area (Å²) in [5, 5.41) is 0. The first-order valence-electron chi connectivity index (χ1n) is 5.29. The molecule has 0 N–H and O–H groups in total. The van der Waals surface area contributed by atoms with E-state index in [2.05, 4.69) is 4.74 Å². The third-order valence-electron chi connectivity index (χ3n) is 2.26. The van der Waals surface area contributed by atoms with Crippen LogP contribution in [0.5, 0.6) is 5.75 Å². The summed E-state index contributed by atoms with van der Waals surface area (Å²) in [4.78, 5) is 13.1. The zero-order valence-electron chi connectivity index (χ0n) is 10.2. The maximum Gasteiger partial charge on any atom is 0.387 e. The van der Waals surface area contributed by atoms with Gasteiger partial charge in [0, 0.05) is 13.6 Å². The Morgan fingerprint density at radius 3 is 2.50 bits per heavy atom. The van der Waals surface area contributed by atoms with Crippen LogP contribution in [0.25, 0.3) is 0 Å². The molecule has 0 aliphatic rings. The number of alkyl halides is 2. The van der Waals surface area contributed by atoms with Crippen LogP contribution in [0.4, 0.5) is 8.78 Å². The number of rotatable bonds is 6. The molecule has 0 heterocycles. The van der Waals surface area contributed by atoms with Crippen molar-refractivity contribution >= 4 is 17.7 Å². The molecule has 18 heavy (non-hydrogen) atoms. The van der Waals surface area contributed by atoms with Crippen molar-refractivity contribution in [2.45, 2.75) is 13.2 Å². The second-order valence-electron chi connectivity index (χ2n) is 3.71. The van der Waals surface area contributed by atoms with Crippen molar-refractivity contribution in [1.29, 1.82) is 0 Å². The van der Waals surface area contributed by atoms with Gasteiger partial charge in [0.25, 0.3) is 0 Å². The highest BCUT2D eigenvalue weighted by Gasteiger charge is 2.09. The summed E-state index contributed by atoms with van der Waals surface area (Å²) in [6.07, 6.45) is 1.86. The fraction of sp³-hybridized carbons (Fsp3) is 0.417. The first kappa shape index (κ1) is 14.8. The normalized spacial score (nSPS) is 10.5. The van der Waals surface area contributed by atoms with E-state index in [0.29, 0.717) is 12.3 Å². The monoisotopic (exact) mass is 275 g/mol. The summed E-state index contributed by atoms with van der Waals surface area (Å²) >= 11 is 1.46. The molecule has 0 bridgehead atoms. The number of nitrogens with zero attached hydrogens (tertiary/aromatic N) is 1. The molecule has 0 aliphatic heterocycles. The second-order valence-corrected chi connectivity index (χ2v) is 4.57. The van der Waals surface area contributed by atoms with Crippen molar-refractivity contribution in [2.75, 3.05) is 19.1 Å². The Morgan fingerprint density at radius 2 is 2.00 bits per heavy atom. The molecular formula is C12H15F2NO2S. The quantitative estimate of drug-likeness (QED) is 0.799. The lowest BCUT2D eigenvalue weighted by atomic mass is 10.2. The molecule has 1 amide bonds. The predicted octanol–water partition coefficient (Wildman–Crippen LogP) is 2.61. The zero-order valence-corrected chi connectivity index (χ0v) is 11.0. The molecule has 1 aromatic rings. The maximum absolute atomic E-state index is 11.9. The predicted molar refractivity (Wildman–Crippen MR) is 67.9 cm³/mol. The number of amides is 1. The lowest BCUT2D eigenvalue weighted by molar-refractivity contribution is -0.127. The number of carbonyl (C=O) groups excluding carboxylic acids is 1. The highest BCUT2D eigenvalue weighted by molar-refractivity contribution is 7.99. The number of hydrogen-bond donors (Lipinski definition) is 0. The minimum absolute atomic E-state index is 0.0374. The van der Waals surface area contributed by atoms with Crippen molar-refractivity contribution in [3.8, 4) is 5.75 Å². The van der Waals surface area contributed by atoms with Gasteiger partial charge >= 0.3 is 6.61 Å². The Hall–Kier alpha value is -1.30. The fourth-order valence-electron chi connectivity index (χ4n) is 1.37. The molecule has 3 nitrogen and oxygen atoms in total. The molecule has 1 rings (SSSR count). The Morgan fingerprint density at radius 1 is 1.39 bits per heavy atom. The van der Waals surface area contributed by atoms with Gasteiger partial charge in [0.15, 0.2) is 0 Å². The standard InChI is InChI=1S/C12H15F2NO2S/c1-15(11(16)8-18-2)7-9-3-5-10(6-4-9)17-12(13)14/h3-6,12H,7-8H2,1-2H3. The first-order chi connectivity index (χ1) is 8.52. The summed E-state index contributed by atoms with van der Waals surface area (Å²) in [5.74, 6) is 0.588. The lowest BCUT2D eigenvalue weighted by Gasteiger charge is -2.16. The van der Waals surface area contributed by atoms with E-state index in [-0.39, 0.29) is 11.7 Å². The molecule has 0 atom stereocenters. The highest BCUT2D eigenvalue weighted by Crippen LogP contribution is 2.15. The Labute approximate surface area is 109 Å². The van der Waals surface area contributed by atoms with Crippen molar-refractivity contribution in [3.05, 3.63) is 29.8 Å². The van der Waals surface area contributed by atoms with E-state index in [9.17, 15) is 13.6 Å². The Bertz CT molecular complexity index is 384. The first-order valence-corrected chi connectivity index (χ1v) is 6.69. The van der Waals surface area contributed by atoms with Gasteiger partial charge in [0.1, 0.15) is 5.75 Å². The molecule has 0 fully saturated rings. The molecule has 6 heteroatoms. The van der Waals surface area contributed by atoms with E-state index in [0.717, 1.165) is 5.56 Å². The summed E-state index contributed by atoms with van der Waals surface area (Å²) in [5.41, 5.74) is 0.869. The average molecular weight is 275 g/mol. The van der Waals surface area contributed by atoms with E-state index < -0.39 is 6.61 Å². The van der Waals surface area contributed by atoms with Gasteiger partial charge in [-0.1, -0.05) is 12.1 Å². The molecule has 0 spiro atoms. The van der Waals surface area contributed by atoms with Gasteiger partial charge in [0.05, 0.1) is 5.75 Å². The molecule has 0 radical (unpaired) electrons. The fourth-order valence-corrected chi connectivity index (χ4v) is 1.84. The summed E-state index contributed by atoms with van der Waals surface area (Å²) in [6, 6.07) is 6.27. The van der Waals surface area contributed by atoms with Crippen LogP contribution < -0.4 is 4.74 Å². The summed E-state index contributed by atoms with van der Waals surface area (Å²) in [6.45, 7) is -2.37. The molecule has 0 aliphatic carbocycles. The van der Waals surface area contributed by atoms with Gasteiger partial charge in [-0.05, 0) is 24.0 Å². The van der Waals surface area contributed by atoms with Crippen LogP contribution in [0.15, 0.2) is 24.3 Å². The van der Waals surface area contributed by atoms with E-state index in [1.165, 1.54) is 23.9 Å². The molecule has 0 aromatic heterocycles. The molecule has 0 unspecified atom stereocenters. The van der Waals surface area contributed by atoms with Crippen molar-refractivity contribution in [1.82, 2.24) is 4.90 Å². The van der Waals surface area contributed by atoms with Gasteiger partial charge in [-0.3, -0.25) is 4.79 Å². The van der Waals surface area contributed by atoms with E-state index in [1.807, 2.05) is 6.26 Å². The van der Waals surface area contributed by atoms with Gasteiger partial charge in [-0.2, -0.15) is 20.5 Å². The maximum atomic E-state index is 11.9. The SMILES string of the molecule is CSCC(=O)N(C)Cc1ccc(OC(F)F)cc1. The molecule has 100 valence electrons. The Kier molecular flexibility index (Phi) is 5.91. The van der Waals surface area contributed by atoms with E-state index in [1.54, 1.807) is 24.1 Å². The minimum atomic E-state index is -2.82. The number of thioether (sulfide) groups is 1. The van der Waals surface area contributed by atoms with E-state index >= 15 is 0 Å². The van der Waals surface area contributed by atoms with Gasteiger partial charge in [-0.25, -0.2) is 0 Å². The molecule has 1 aromatic carbocycles. The number of halogens is 2. The van der Waals surface area contributed by atoms with Crippen LogP contribution >= 0.6 is 11.8 Å². The van der Waals surface area contributed by atoms with Crippen LogP contribution in [0.1, 0.15) is 5.56 Å². The van der Waals surface area contributed by atoms with Crippen molar-refractivity contribution in [2.24, 2.45) is 0 Å². The average Bonchev–Trinajstić information content (AvgIpc) is 2.31. The lowest BCUT2D eigenvalue weighted by Crippen LogP contribution is -2.27. The molecule has 0 saturated heterocycles. The molecular weight excluding hydrogens is 260 g/mol. The van der Waals surface area contributed by atoms with Crippen LogP contribution in [-0.2, 0) is 11.3 Å². The van der Waals surface area contributed by atoms with Gasteiger partial charge in [-0.15, -0.1) is 0 Å². The number of benzene rings is 1.